The number of thioether (sulfide) groups is 1. The molecular formula is C8H8O2S2. The standard InChI is InChI=1S/C8H8O2S2/c9-3-6-1-2-8(11-6)12-7-4-10-5-7/h1-3,7H,4-5H2. The molecule has 0 atom stereocenters. The predicted octanol–water partition coefficient (Wildman–Crippen LogP) is 2.05. The largest absolute Gasteiger partial charge is 0.379 e. The normalized spacial score (nSPS) is 17.3. The Labute approximate surface area is 78.9 Å². The van der Waals surface area contributed by atoms with E-state index < -0.39 is 0 Å². The van der Waals surface area contributed by atoms with E-state index in [1.807, 2.05) is 12.1 Å². The Bertz CT molecular complexity index is 278. The van der Waals surface area contributed by atoms with Crippen LogP contribution in [0.25, 0.3) is 0 Å². The SMILES string of the molecule is O=Cc1ccc(SC2COC2)s1. The zero-order chi connectivity index (χ0) is 8.39. The quantitative estimate of drug-likeness (QED) is 0.698. The molecule has 4 heteroatoms. The van der Waals surface area contributed by atoms with Gasteiger partial charge in [-0.25, -0.2) is 0 Å². The van der Waals surface area contributed by atoms with Gasteiger partial charge >= 0.3 is 0 Å². The van der Waals surface area contributed by atoms with E-state index in [4.69, 9.17) is 4.74 Å². The summed E-state index contributed by atoms with van der Waals surface area (Å²) in [6.45, 7) is 1.69. The first-order valence-electron chi connectivity index (χ1n) is 3.68. The molecule has 1 aromatic rings. The maximum absolute atomic E-state index is 10.4. The monoisotopic (exact) mass is 200 g/mol. The van der Waals surface area contributed by atoms with Gasteiger partial charge in [0.1, 0.15) is 0 Å². The van der Waals surface area contributed by atoms with Crippen molar-refractivity contribution in [2.24, 2.45) is 0 Å². The lowest BCUT2D eigenvalue weighted by Crippen LogP contribution is -2.29. The molecule has 64 valence electrons. The van der Waals surface area contributed by atoms with Crippen LogP contribution in [-0.2, 0) is 4.74 Å². The minimum absolute atomic E-state index is 0.600. The summed E-state index contributed by atoms with van der Waals surface area (Å²) in [5, 5.41) is 0.600. The first-order valence-corrected chi connectivity index (χ1v) is 5.37. The van der Waals surface area contributed by atoms with E-state index in [0.717, 1.165) is 24.4 Å². The van der Waals surface area contributed by atoms with Crippen LogP contribution in [-0.4, -0.2) is 24.7 Å². The number of aldehydes is 1. The van der Waals surface area contributed by atoms with Gasteiger partial charge in [0.05, 0.1) is 27.6 Å². The average molecular weight is 200 g/mol. The fourth-order valence-electron chi connectivity index (χ4n) is 0.907. The van der Waals surface area contributed by atoms with Crippen LogP contribution in [0.4, 0.5) is 0 Å². The zero-order valence-corrected chi connectivity index (χ0v) is 7.99. The molecule has 0 spiro atoms. The van der Waals surface area contributed by atoms with Gasteiger partial charge in [-0.05, 0) is 12.1 Å². The fraction of sp³-hybridized carbons (Fsp3) is 0.375. The minimum Gasteiger partial charge on any atom is -0.379 e. The molecule has 0 bridgehead atoms. The van der Waals surface area contributed by atoms with Gasteiger partial charge in [0.25, 0.3) is 0 Å². The molecule has 0 saturated carbocycles. The Kier molecular flexibility index (Phi) is 2.48. The molecular weight excluding hydrogens is 192 g/mol. The van der Waals surface area contributed by atoms with Gasteiger partial charge in [-0.1, -0.05) is 0 Å². The molecule has 0 amide bonds. The lowest BCUT2D eigenvalue weighted by atomic mass is 10.4. The topological polar surface area (TPSA) is 26.3 Å². The highest BCUT2D eigenvalue weighted by Crippen LogP contribution is 2.32. The van der Waals surface area contributed by atoms with E-state index in [-0.39, 0.29) is 0 Å². The zero-order valence-electron chi connectivity index (χ0n) is 6.36. The van der Waals surface area contributed by atoms with Crippen molar-refractivity contribution in [3.63, 3.8) is 0 Å². The summed E-state index contributed by atoms with van der Waals surface area (Å²) >= 11 is 3.35. The molecule has 1 aliphatic rings. The van der Waals surface area contributed by atoms with Crippen molar-refractivity contribution in [3.8, 4) is 0 Å². The van der Waals surface area contributed by atoms with Crippen molar-refractivity contribution in [1.29, 1.82) is 0 Å². The van der Waals surface area contributed by atoms with Crippen LogP contribution in [0, 0.1) is 0 Å². The number of thiophene rings is 1. The van der Waals surface area contributed by atoms with Gasteiger partial charge in [0.2, 0.25) is 0 Å². The number of ether oxygens (including phenoxy) is 1. The number of hydrogen-bond donors (Lipinski definition) is 0. The summed E-state index contributed by atoms with van der Waals surface area (Å²) in [5.74, 6) is 0. The Morgan fingerprint density at radius 1 is 1.58 bits per heavy atom. The van der Waals surface area contributed by atoms with Crippen LogP contribution in [0.3, 0.4) is 0 Å². The Balaban J connectivity index is 1.97. The maximum Gasteiger partial charge on any atom is 0.160 e. The van der Waals surface area contributed by atoms with Crippen molar-refractivity contribution in [3.05, 3.63) is 17.0 Å². The number of carbonyl (C=O) groups is 1. The van der Waals surface area contributed by atoms with Crippen LogP contribution < -0.4 is 0 Å². The number of carbonyl (C=O) groups excluding carboxylic acids is 1. The molecule has 2 rings (SSSR count). The van der Waals surface area contributed by atoms with E-state index in [2.05, 4.69) is 0 Å². The summed E-state index contributed by atoms with van der Waals surface area (Å²) in [4.78, 5) is 11.2. The van der Waals surface area contributed by atoms with Crippen molar-refractivity contribution in [2.45, 2.75) is 9.46 Å². The van der Waals surface area contributed by atoms with Crippen molar-refractivity contribution >= 4 is 29.4 Å². The van der Waals surface area contributed by atoms with Crippen molar-refractivity contribution in [1.82, 2.24) is 0 Å². The summed E-state index contributed by atoms with van der Waals surface area (Å²) in [6.07, 6.45) is 0.895. The third-order valence-electron chi connectivity index (χ3n) is 1.61. The highest BCUT2D eigenvalue weighted by molar-refractivity contribution is 8.01. The van der Waals surface area contributed by atoms with E-state index >= 15 is 0 Å². The van der Waals surface area contributed by atoms with Gasteiger partial charge in [0.15, 0.2) is 6.29 Å². The van der Waals surface area contributed by atoms with E-state index in [1.165, 1.54) is 4.21 Å². The van der Waals surface area contributed by atoms with E-state index in [1.54, 1.807) is 23.1 Å². The van der Waals surface area contributed by atoms with Crippen LogP contribution in [0.5, 0.6) is 0 Å². The average Bonchev–Trinajstić information content (AvgIpc) is 2.44. The first kappa shape index (κ1) is 8.29. The molecule has 2 heterocycles. The molecule has 1 saturated heterocycles. The third-order valence-corrected chi connectivity index (χ3v) is 3.93. The highest BCUT2D eigenvalue weighted by Gasteiger charge is 2.19. The van der Waals surface area contributed by atoms with Crippen LogP contribution in [0.1, 0.15) is 9.67 Å². The lowest BCUT2D eigenvalue weighted by Gasteiger charge is -2.24. The van der Waals surface area contributed by atoms with Crippen molar-refractivity contribution < 1.29 is 9.53 Å². The van der Waals surface area contributed by atoms with Crippen molar-refractivity contribution in [2.75, 3.05) is 13.2 Å². The second kappa shape index (κ2) is 3.60. The third kappa shape index (κ3) is 1.71. The highest BCUT2D eigenvalue weighted by atomic mass is 32.2. The molecule has 0 aliphatic carbocycles. The summed E-state index contributed by atoms with van der Waals surface area (Å²) < 4.78 is 6.27. The van der Waals surface area contributed by atoms with Gasteiger partial charge < -0.3 is 4.74 Å². The molecule has 1 fully saturated rings. The van der Waals surface area contributed by atoms with Gasteiger partial charge in [0, 0.05) is 0 Å². The molecule has 0 unspecified atom stereocenters. The molecule has 1 aliphatic heterocycles. The predicted molar refractivity (Wildman–Crippen MR) is 50.2 cm³/mol. The van der Waals surface area contributed by atoms with Crippen LogP contribution >= 0.6 is 23.1 Å². The Morgan fingerprint density at radius 3 is 2.92 bits per heavy atom. The Hall–Kier alpha value is -0.320. The molecule has 2 nitrogen and oxygen atoms in total. The number of rotatable bonds is 3. The summed E-state index contributed by atoms with van der Waals surface area (Å²) in [5.41, 5.74) is 0. The van der Waals surface area contributed by atoms with Gasteiger partial charge in [-0.2, -0.15) is 0 Å². The summed E-state index contributed by atoms with van der Waals surface area (Å²) in [6, 6.07) is 3.86. The lowest BCUT2D eigenvalue weighted by molar-refractivity contribution is 0.0456. The van der Waals surface area contributed by atoms with Gasteiger partial charge in [-0.15, -0.1) is 23.1 Å². The van der Waals surface area contributed by atoms with Crippen LogP contribution in [0.15, 0.2) is 16.3 Å². The van der Waals surface area contributed by atoms with E-state index in [0.29, 0.717) is 5.25 Å². The molecule has 1 aromatic heterocycles. The Morgan fingerprint density at radius 2 is 2.42 bits per heavy atom. The second-order valence-corrected chi connectivity index (χ2v) is 5.27. The van der Waals surface area contributed by atoms with Crippen LogP contribution in [0.2, 0.25) is 0 Å². The molecule has 0 N–H and O–H groups in total. The van der Waals surface area contributed by atoms with E-state index in [9.17, 15) is 4.79 Å². The summed E-state index contributed by atoms with van der Waals surface area (Å²) in [7, 11) is 0. The fourth-order valence-corrected chi connectivity index (χ4v) is 3.15. The molecule has 12 heavy (non-hydrogen) atoms. The van der Waals surface area contributed by atoms with Gasteiger partial charge in [-0.3, -0.25) is 4.79 Å². The molecule has 0 radical (unpaired) electrons. The second-order valence-electron chi connectivity index (χ2n) is 2.55. The maximum atomic E-state index is 10.4. The molecule has 0 aromatic carbocycles. The number of hydrogen-bond acceptors (Lipinski definition) is 4. The smallest absolute Gasteiger partial charge is 0.160 e. The minimum atomic E-state index is 0.600. The first-order chi connectivity index (χ1) is 5.88.